The molecule has 10 nitrogen and oxygen atoms in total. The Morgan fingerprint density at radius 3 is 1.48 bits per heavy atom. The zero-order valence-corrected chi connectivity index (χ0v) is 27.8. The van der Waals surface area contributed by atoms with E-state index >= 15 is 0 Å². The van der Waals surface area contributed by atoms with Crippen molar-refractivity contribution >= 4 is 73.0 Å². The van der Waals surface area contributed by atoms with Crippen molar-refractivity contribution in [3.63, 3.8) is 0 Å². The number of nitrogens with one attached hydrogen (secondary N) is 3. The van der Waals surface area contributed by atoms with E-state index in [2.05, 4.69) is 74.7 Å². The van der Waals surface area contributed by atoms with Gasteiger partial charge in [0, 0.05) is 17.9 Å². The maximum absolute atomic E-state index is 12.4. The summed E-state index contributed by atoms with van der Waals surface area (Å²) < 4.78 is 10.9. The van der Waals surface area contributed by atoms with E-state index in [4.69, 9.17) is 9.47 Å². The van der Waals surface area contributed by atoms with Crippen LogP contribution in [0.5, 0.6) is 0 Å². The van der Waals surface area contributed by atoms with Crippen LogP contribution < -0.4 is 16.0 Å². The van der Waals surface area contributed by atoms with Crippen LogP contribution in [0.4, 0.5) is 29.2 Å². The quantitative estimate of drug-likeness (QED) is 0.132. The van der Waals surface area contributed by atoms with Crippen LogP contribution in [0.25, 0.3) is 0 Å². The summed E-state index contributed by atoms with van der Waals surface area (Å²) in [6.45, 7) is 0.712. The molecule has 1 aromatic heterocycles. The highest BCUT2D eigenvalue weighted by atomic mass is 32.3. The van der Waals surface area contributed by atoms with E-state index in [1.54, 1.807) is 60.3 Å². The smallest absolute Gasteiger partial charge is 0.338 e. The molecule has 0 radical (unpaired) electrons. The fourth-order valence-electron chi connectivity index (χ4n) is 3.25. The zero-order valence-electron chi connectivity index (χ0n) is 25.4. The SMILES string of the molecule is CSCCCNc1nc(Nc2ccc(C(=O)OCS(C)(C)C)cc2)nc(Nc2ccc(C(=O)OCS(C)(C)C)cc2)n1. The molecule has 42 heavy (non-hydrogen) atoms. The number of anilines is 5. The van der Waals surface area contributed by atoms with Crippen LogP contribution in [0.1, 0.15) is 27.1 Å². The third-order valence-corrected chi connectivity index (χ3v) is 7.63. The summed E-state index contributed by atoms with van der Waals surface area (Å²) in [5.41, 5.74) is 2.37. The van der Waals surface area contributed by atoms with Gasteiger partial charge in [-0.2, -0.15) is 26.7 Å². The first-order chi connectivity index (χ1) is 19.8. The van der Waals surface area contributed by atoms with Gasteiger partial charge in [0.2, 0.25) is 17.8 Å². The highest BCUT2D eigenvalue weighted by molar-refractivity contribution is 8.32. The molecule has 0 saturated carbocycles. The minimum atomic E-state index is -0.941. The summed E-state index contributed by atoms with van der Waals surface area (Å²) in [5, 5.41) is 9.64. The number of nitrogens with zero attached hydrogens (tertiary/aromatic N) is 3. The molecule has 0 unspecified atom stereocenters. The van der Waals surface area contributed by atoms with Crippen molar-refractivity contribution in [3.8, 4) is 0 Å². The molecule has 0 spiro atoms. The minimum absolute atomic E-state index is 0.330. The Kier molecular flexibility index (Phi) is 12.2. The number of ether oxygens (including phenoxy) is 2. The number of aromatic nitrogens is 3. The average molecular weight is 635 g/mol. The van der Waals surface area contributed by atoms with Crippen molar-refractivity contribution in [1.82, 2.24) is 15.0 Å². The van der Waals surface area contributed by atoms with E-state index in [0.29, 0.717) is 58.8 Å². The van der Waals surface area contributed by atoms with Crippen LogP contribution in [0.2, 0.25) is 0 Å². The van der Waals surface area contributed by atoms with E-state index in [0.717, 1.165) is 12.2 Å². The van der Waals surface area contributed by atoms with Gasteiger partial charge in [-0.25, -0.2) is 29.6 Å². The molecule has 3 aromatic rings. The predicted octanol–water partition coefficient (Wildman–Crippen LogP) is 6.14. The van der Waals surface area contributed by atoms with Crippen molar-refractivity contribution < 1.29 is 19.1 Å². The summed E-state index contributed by atoms with van der Waals surface area (Å²) in [7, 11) is -1.88. The number of carbonyl (C=O) groups excluding carboxylic acids is 2. The molecular formula is C29H42N6O4S3. The molecule has 0 aliphatic heterocycles. The summed E-state index contributed by atoms with van der Waals surface area (Å²) >= 11 is 1.78. The molecule has 0 aliphatic carbocycles. The maximum Gasteiger partial charge on any atom is 0.338 e. The highest BCUT2D eigenvalue weighted by Crippen LogP contribution is 2.35. The Balaban J connectivity index is 1.73. The maximum atomic E-state index is 12.4. The summed E-state index contributed by atoms with van der Waals surface area (Å²) in [6, 6.07) is 14.0. The fourth-order valence-corrected chi connectivity index (χ4v) is 4.60. The van der Waals surface area contributed by atoms with Gasteiger partial charge in [0.15, 0.2) is 0 Å². The second-order valence-corrected chi connectivity index (χ2v) is 21.1. The van der Waals surface area contributed by atoms with Gasteiger partial charge >= 0.3 is 11.9 Å². The molecule has 0 bridgehead atoms. The van der Waals surface area contributed by atoms with Gasteiger partial charge in [-0.1, -0.05) is 0 Å². The van der Waals surface area contributed by atoms with Gasteiger partial charge in [-0.05, 0) is 104 Å². The highest BCUT2D eigenvalue weighted by Gasteiger charge is 2.14. The van der Waals surface area contributed by atoms with Crippen LogP contribution in [-0.2, 0) is 9.47 Å². The fraction of sp³-hybridized carbons (Fsp3) is 0.414. The Morgan fingerprint density at radius 1 is 0.690 bits per heavy atom. The van der Waals surface area contributed by atoms with Crippen LogP contribution in [0.15, 0.2) is 48.5 Å². The number of carbonyl (C=O) groups is 2. The lowest BCUT2D eigenvalue weighted by Crippen LogP contribution is -2.12. The van der Waals surface area contributed by atoms with Crippen molar-refractivity contribution in [2.75, 3.05) is 83.9 Å². The van der Waals surface area contributed by atoms with Gasteiger partial charge in [-0.3, -0.25) is 0 Å². The molecule has 0 aliphatic rings. The minimum Gasteiger partial charge on any atom is -0.453 e. The van der Waals surface area contributed by atoms with Gasteiger partial charge in [0.05, 0.1) is 11.1 Å². The topological polar surface area (TPSA) is 127 Å². The lowest BCUT2D eigenvalue weighted by atomic mass is 10.2. The number of hydrogen-bond donors (Lipinski definition) is 3. The number of esters is 2. The second kappa shape index (κ2) is 15.4. The molecule has 2 aromatic carbocycles. The summed E-state index contributed by atoms with van der Waals surface area (Å²) in [4.78, 5) is 38.4. The number of hydrogen-bond acceptors (Lipinski definition) is 11. The van der Waals surface area contributed by atoms with Crippen molar-refractivity contribution in [1.29, 1.82) is 0 Å². The van der Waals surface area contributed by atoms with Crippen LogP contribution in [0.3, 0.4) is 0 Å². The largest absolute Gasteiger partial charge is 0.453 e. The molecular weight excluding hydrogens is 593 g/mol. The first kappa shape index (κ1) is 33.3. The van der Waals surface area contributed by atoms with Gasteiger partial charge in [-0.15, -0.1) is 0 Å². The number of rotatable bonds is 15. The zero-order chi connectivity index (χ0) is 30.8. The number of thioether (sulfide) groups is 1. The lowest BCUT2D eigenvalue weighted by molar-refractivity contribution is 0.0568. The molecule has 230 valence electrons. The third-order valence-electron chi connectivity index (χ3n) is 5.28. The summed E-state index contributed by atoms with van der Waals surface area (Å²) in [5.74, 6) is 2.25. The molecule has 1 heterocycles. The Morgan fingerprint density at radius 2 is 1.10 bits per heavy atom. The molecule has 13 heteroatoms. The average Bonchev–Trinajstić information content (AvgIpc) is 2.93. The molecule has 0 atom stereocenters. The molecule has 0 amide bonds. The second-order valence-electron chi connectivity index (χ2n) is 11.3. The van der Waals surface area contributed by atoms with Crippen molar-refractivity contribution in [3.05, 3.63) is 59.7 Å². The first-order valence-electron chi connectivity index (χ1n) is 13.2. The summed E-state index contributed by atoms with van der Waals surface area (Å²) in [6.07, 6.45) is 15.6. The molecule has 3 N–H and O–H groups in total. The van der Waals surface area contributed by atoms with E-state index in [9.17, 15) is 9.59 Å². The van der Waals surface area contributed by atoms with Gasteiger partial charge in [0.1, 0.15) is 11.9 Å². The Hall–Kier alpha value is -3.16. The molecule has 0 saturated heterocycles. The van der Waals surface area contributed by atoms with Gasteiger partial charge < -0.3 is 25.4 Å². The Bertz CT molecular complexity index is 1230. The van der Waals surface area contributed by atoms with E-state index in [1.807, 2.05) is 0 Å². The van der Waals surface area contributed by atoms with Gasteiger partial charge in [0.25, 0.3) is 0 Å². The van der Waals surface area contributed by atoms with E-state index in [1.165, 1.54) is 0 Å². The molecule has 3 rings (SSSR count). The predicted molar refractivity (Wildman–Crippen MR) is 182 cm³/mol. The van der Waals surface area contributed by atoms with Crippen LogP contribution in [-0.4, -0.2) is 94.9 Å². The van der Waals surface area contributed by atoms with E-state index in [-0.39, 0.29) is 11.9 Å². The van der Waals surface area contributed by atoms with Crippen molar-refractivity contribution in [2.45, 2.75) is 6.42 Å². The first-order valence-corrected chi connectivity index (χ1v) is 20.7. The lowest BCUT2D eigenvalue weighted by Gasteiger charge is -2.24. The van der Waals surface area contributed by atoms with Crippen LogP contribution >= 0.6 is 31.8 Å². The standard InChI is InChI=1S/C29H42N6O4S3/c1-40-18-8-17-30-27-33-28(31-23-13-9-21(10-14-23)25(36)38-19-41(2,3)4)35-29(34-27)32-24-15-11-22(12-16-24)26(37)39-20-42(5,6)7/h9-16H,8,17-20H2,1-7H3,(H3,30,31,32,33,34,35). The van der Waals surface area contributed by atoms with Crippen LogP contribution in [0, 0.1) is 0 Å². The monoisotopic (exact) mass is 634 g/mol. The van der Waals surface area contributed by atoms with Crippen molar-refractivity contribution in [2.24, 2.45) is 0 Å². The third kappa shape index (κ3) is 12.0. The van der Waals surface area contributed by atoms with E-state index < -0.39 is 20.1 Å². The Labute approximate surface area is 256 Å². The molecule has 0 fully saturated rings. The normalized spacial score (nSPS) is 12.3. The number of benzene rings is 2.